The molecule has 0 spiro atoms. The number of amides is 1. The summed E-state index contributed by atoms with van der Waals surface area (Å²) in [6, 6.07) is 17.1. The van der Waals surface area contributed by atoms with Crippen LogP contribution in [0.25, 0.3) is 5.69 Å². The van der Waals surface area contributed by atoms with Gasteiger partial charge < -0.3 is 5.32 Å². The first-order chi connectivity index (χ1) is 13.1. The second-order valence-corrected chi connectivity index (χ2v) is 6.23. The predicted molar refractivity (Wildman–Crippen MR) is 102 cm³/mol. The summed E-state index contributed by atoms with van der Waals surface area (Å²) in [5.41, 5.74) is 3.00. The van der Waals surface area contributed by atoms with Crippen molar-refractivity contribution in [3.63, 3.8) is 0 Å². The Morgan fingerprint density at radius 1 is 1.26 bits per heavy atom. The summed E-state index contributed by atoms with van der Waals surface area (Å²) in [6.07, 6.45) is 3.14. The number of anilines is 1. The van der Waals surface area contributed by atoms with Gasteiger partial charge in [-0.1, -0.05) is 24.3 Å². The molecule has 7 nitrogen and oxygen atoms in total. The number of nitrogens with one attached hydrogen (secondary N) is 1. The summed E-state index contributed by atoms with van der Waals surface area (Å²) >= 11 is 0. The summed E-state index contributed by atoms with van der Waals surface area (Å²) in [5, 5.41) is 16.0. The molecule has 0 aliphatic rings. The summed E-state index contributed by atoms with van der Waals surface area (Å²) in [6.45, 7) is 2.26. The number of rotatable bonds is 6. The van der Waals surface area contributed by atoms with Crippen LogP contribution >= 0.6 is 0 Å². The largest absolute Gasteiger partial charge is 0.324 e. The third-order valence-electron chi connectivity index (χ3n) is 4.43. The standard InChI is InChI=1S/C20H20N6O/c1-15(16-7-9-18(10-8-16)26-14-22-13-23-26)25(2)12-20(27)24-19-6-4-3-5-17(19)11-21/h3-10,13-15H,12H2,1-2H3,(H,24,27)/t15-/m0/s1. The Hall–Kier alpha value is -3.50. The molecule has 136 valence electrons. The van der Waals surface area contributed by atoms with Crippen LogP contribution in [0.1, 0.15) is 24.1 Å². The van der Waals surface area contributed by atoms with Gasteiger partial charge >= 0.3 is 0 Å². The molecule has 1 heterocycles. The van der Waals surface area contributed by atoms with Crippen LogP contribution in [0.2, 0.25) is 0 Å². The van der Waals surface area contributed by atoms with Crippen LogP contribution < -0.4 is 5.32 Å². The van der Waals surface area contributed by atoms with Gasteiger partial charge in [0, 0.05) is 6.04 Å². The van der Waals surface area contributed by atoms with Crippen molar-refractivity contribution in [3.8, 4) is 11.8 Å². The van der Waals surface area contributed by atoms with Gasteiger partial charge in [-0.25, -0.2) is 9.67 Å². The van der Waals surface area contributed by atoms with E-state index in [0.717, 1.165) is 11.3 Å². The lowest BCUT2D eigenvalue weighted by molar-refractivity contribution is -0.117. The van der Waals surface area contributed by atoms with E-state index in [1.54, 1.807) is 35.3 Å². The van der Waals surface area contributed by atoms with E-state index < -0.39 is 0 Å². The average molecular weight is 360 g/mol. The summed E-state index contributed by atoms with van der Waals surface area (Å²) < 4.78 is 1.69. The number of benzene rings is 2. The van der Waals surface area contributed by atoms with Crippen molar-refractivity contribution in [2.75, 3.05) is 18.9 Å². The first-order valence-electron chi connectivity index (χ1n) is 8.52. The van der Waals surface area contributed by atoms with Gasteiger partial charge in [0.2, 0.25) is 5.91 Å². The fourth-order valence-corrected chi connectivity index (χ4v) is 2.74. The Balaban J connectivity index is 1.62. The highest BCUT2D eigenvalue weighted by Crippen LogP contribution is 2.20. The van der Waals surface area contributed by atoms with E-state index in [0.29, 0.717) is 11.3 Å². The second kappa shape index (κ2) is 8.25. The van der Waals surface area contributed by atoms with Crippen LogP contribution in [0.4, 0.5) is 5.69 Å². The Bertz CT molecular complexity index is 943. The normalized spacial score (nSPS) is 11.8. The molecule has 27 heavy (non-hydrogen) atoms. The number of carbonyl (C=O) groups is 1. The molecule has 1 N–H and O–H groups in total. The minimum absolute atomic E-state index is 0.0479. The van der Waals surface area contributed by atoms with Gasteiger partial charge in [0.1, 0.15) is 18.7 Å². The molecule has 0 bridgehead atoms. The molecule has 0 unspecified atom stereocenters. The molecule has 0 radical (unpaired) electrons. The van der Waals surface area contributed by atoms with Crippen LogP contribution in [0.5, 0.6) is 0 Å². The zero-order valence-corrected chi connectivity index (χ0v) is 15.2. The topological polar surface area (TPSA) is 86.8 Å². The Labute approximate surface area is 157 Å². The van der Waals surface area contributed by atoms with E-state index in [-0.39, 0.29) is 18.5 Å². The molecular formula is C20H20N6O. The highest BCUT2D eigenvalue weighted by Gasteiger charge is 2.16. The molecule has 0 aliphatic heterocycles. The molecule has 3 rings (SSSR count). The van der Waals surface area contributed by atoms with Gasteiger partial charge in [-0.3, -0.25) is 9.69 Å². The van der Waals surface area contributed by atoms with Crippen molar-refractivity contribution in [1.82, 2.24) is 19.7 Å². The maximum Gasteiger partial charge on any atom is 0.238 e. The molecule has 0 saturated carbocycles. The SMILES string of the molecule is C[C@@H](c1ccc(-n2cncn2)cc1)N(C)CC(=O)Nc1ccccc1C#N. The lowest BCUT2D eigenvalue weighted by Gasteiger charge is -2.24. The molecule has 1 amide bonds. The molecule has 2 aromatic carbocycles. The molecule has 0 aliphatic carbocycles. The maximum atomic E-state index is 12.4. The van der Waals surface area contributed by atoms with Crippen molar-refractivity contribution in [2.24, 2.45) is 0 Å². The van der Waals surface area contributed by atoms with E-state index in [9.17, 15) is 4.79 Å². The lowest BCUT2D eigenvalue weighted by Crippen LogP contribution is -2.32. The van der Waals surface area contributed by atoms with Crippen LogP contribution in [0, 0.1) is 11.3 Å². The average Bonchev–Trinajstić information content (AvgIpc) is 3.22. The van der Waals surface area contributed by atoms with E-state index in [1.165, 1.54) is 6.33 Å². The van der Waals surface area contributed by atoms with Crippen LogP contribution in [-0.4, -0.2) is 39.2 Å². The Morgan fingerprint density at radius 3 is 2.67 bits per heavy atom. The van der Waals surface area contributed by atoms with Gasteiger partial charge in [0.15, 0.2) is 0 Å². The zero-order chi connectivity index (χ0) is 19.2. The fraction of sp³-hybridized carbons (Fsp3) is 0.200. The van der Waals surface area contributed by atoms with Gasteiger partial charge in [-0.2, -0.15) is 10.4 Å². The van der Waals surface area contributed by atoms with E-state index in [2.05, 4.69) is 21.5 Å². The Morgan fingerprint density at radius 2 is 2.00 bits per heavy atom. The van der Waals surface area contributed by atoms with Crippen LogP contribution in [0.3, 0.4) is 0 Å². The molecule has 1 atom stereocenters. The highest BCUT2D eigenvalue weighted by atomic mass is 16.2. The van der Waals surface area contributed by atoms with Crippen molar-refractivity contribution in [1.29, 1.82) is 5.26 Å². The van der Waals surface area contributed by atoms with Gasteiger partial charge in [-0.05, 0) is 43.8 Å². The first kappa shape index (κ1) is 18.3. The minimum atomic E-state index is -0.161. The lowest BCUT2D eigenvalue weighted by atomic mass is 10.1. The molecule has 3 aromatic rings. The summed E-state index contributed by atoms with van der Waals surface area (Å²) in [4.78, 5) is 18.3. The number of carbonyl (C=O) groups excluding carboxylic acids is 1. The number of hydrogen-bond donors (Lipinski definition) is 1. The fourth-order valence-electron chi connectivity index (χ4n) is 2.74. The number of aromatic nitrogens is 3. The first-order valence-corrected chi connectivity index (χ1v) is 8.52. The van der Waals surface area contributed by atoms with Crippen molar-refractivity contribution in [2.45, 2.75) is 13.0 Å². The van der Waals surface area contributed by atoms with Crippen molar-refractivity contribution < 1.29 is 4.79 Å². The summed E-state index contributed by atoms with van der Waals surface area (Å²) in [7, 11) is 1.89. The number of nitriles is 1. The van der Waals surface area contributed by atoms with Gasteiger partial charge in [0.05, 0.1) is 23.5 Å². The van der Waals surface area contributed by atoms with E-state index in [1.807, 2.05) is 43.1 Å². The van der Waals surface area contributed by atoms with Crippen LogP contribution in [-0.2, 0) is 4.79 Å². The highest BCUT2D eigenvalue weighted by molar-refractivity contribution is 5.93. The molecule has 0 saturated heterocycles. The second-order valence-electron chi connectivity index (χ2n) is 6.23. The monoisotopic (exact) mass is 360 g/mol. The third-order valence-corrected chi connectivity index (χ3v) is 4.43. The van der Waals surface area contributed by atoms with E-state index in [4.69, 9.17) is 5.26 Å². The number of nitrogens with zero attached hydrogens (tertiary/aromatic N) is 5. The number of para-hydroxylation sites is 1. The number of likely N-dealkylation sites (N-methyl/N-ethyl adjacent to an activating group) is 1. The van der Waals surface area contributed by atoms with Gasteiger partial charge in [-0.15, -0.1) is 0 Å². The predicted octanol–water partition coefficient (Wildman–Crippen LogP) is 2.77. The quantitative estimate of drug-likeness (QED) is 0.730. The summed E-state index contributed by atoms with van der Waals surface area (Å²) in [5.74, 6) is -0.161. The smallest absolute Gasteiger partial charge is 0.238 e. The minimum Gasteiger partial charge on any atom is -0.324 e. The zero-order valence-electron chi connectivity index (χ0n) is 15.2. The maximum absolute atomic E-state index is 12.4. The van der Waals surface area contributed by atoms with Crippen molar-refractivity contribution >= 4 is 11.6 Å². The van der Waals surface area contributed by atoms with E-state index >= 15 is 0 Å². The Kier molecular flexibility index (Phi) is 5.59. The molecular weight excluding hydrogens is 340 g/mol. The third kappa shape index (κ3) is 4.37. The van der Waals surface area contributed by atoms with Gasteiger partial charge in [0.25, 0.3) is 0 Å². The molecule has 1 aromatic heterocycles. The molecule has 7 heteroatoms. The van der Waals surface area contributed by atoms with Crippen LogP contribution in [0.15, 0.2) is 61.2 Å². The number of hydrogen-bond acceptors (Lipinski definition) is 5. The molecule has 0 fully saturated rings. The van der Waals surface area contributed by atoms with Crippen molar-refractivity contribution in [3.05, 3.63) is 72.3 Å².